The van der Waals surface area contributed by atoms with Gasteiger partial charge in [0.15, 0.2) is 0 Å². The fraction of sp³-hybridized carbons (Fsp3) is 0.467. The number of nitrogens with zero attached hydrogens (tertiary/aromatic N) is 2. The molecule has 0 aliphatic rings. The van der Waals surface area contributed by atoms with Crippen molar-refractivity contribution in [2.45, 2.75) is 46.6 Å². The first-order valence-electron chi connectivity index (χ1n) is 6.76. The molecule has 1 aromatic carbocycles. The minimum Gasteiger partial charge on any atom is -0.378 e. The normalized spacial score (nSPS) is 11.0. The Morgan fingerprint density at radius 2 is 2.05 bits per heavy atom. The van der Waals surface area contributed by atoms with Crippen molar-refractivity contribution in [1.82, 2.24) is 10.2 Å². The number of hydrogen-bond acceptors (Lipinski definition) is 4. The van der Waals surface area contributed by atoms with E-state index in [1.54, 1.807) is 11.3 Å². The van der Waals surface area contributed by atoms with Gasteiger partial charge in [0, 0.05) is 11.6 Å². The van der Waals surface area contributed by atoms with E-state index in [-0.39, 0.29) is 0 Å². The molecule has 4 heteroatoms. The van der Waals surface area contributed by atoms with Crippen molar-refractivity contribution in [1.29, 1.82) is 0 Å². The van der Waals surface area contributed by atoms with Crippen LogP contribution in [0.25, 0.3) is 0 Å². The molecule has 0 aliphatic heterocycles. The molecule has 102 valence electrons. The van der Waals surface area contributed by atoms with Gasteiger partial charge in [-0.25, -0.2) is 0 Å². The second-order valence-electron chi connectivity index (χ2n) is 5.00. The van der Waals surface area contributed by atoms with Crippen LogP contribution in [-0.4, -0.2) is 10.2 Å². The molecule has 0 amide bonds. The van der Waals surface area contributed by atoms with Crippen LogP contribution in [0.5, 0.6) is 0 Å². The molecule has 3 nitrogen and oxygen atoms in total. The third kappa shape index (κ3) is 3.32. The van der Waals surface area contributed by atoms with Crippen LogP contribution >= 0.6 is 11.3 Å². The molecular weight excluding hydrogens is 254 g/mol. The zero-order valence-corrected chi connectivity index (χ0v) is 12.8. The summed E-state index contributed by atoms with van der Waals surface area (Å²) in [5, 5.41) is 14.1. The molecule has 0 bridgehead atoms. The van der Waals surface area contributed by atoms with Gasteiger partial charge < -0.3 is 5.32 Å². The molecule has 0 spiro atoms. The van der Waals surface area contributed by atoms with Crippen LogP contribution in [-0.2, 0) is 13.0 Å². The molecule has 0 saturated heterocycles. The maximum absolute atomic E-state index is 4.24. The van der Waals surface area contributed by atoms with E-state index in [0.717, 1.165) is 23.0 Å². The first-order valence-corrected chi connectivity index (χ1v) is 7.58. The molecule has 0 saturated carbocycles. The second-order valence-corrected chi connectivity index (χ2v) is 6.10. The summed E-state index contributed by atoms with van der Waals surface area (Å²) in [6.07, 6.45) is 1.04. The molecule has 0 unspecified atom stereocenters. The van der Waals surface area contributed by atoms with E-state index in [1.807, 2.05) is 0 Å². The molecule has 0 atom stereocenters. The highest BCUT2D eigenvalue weighted by atomic mass is 32.1. The Labute approximate surface area is 119 Å². The maximum Gasteiger partial charge on any atom is 0.136 e. The Morgan fingerprint density at radius 1 is 1.26 bits per heavy atom. The average Bonchev–Trinajstić information content (AvgIpc) is 2.86. The summed E-state index contributed by atoms with van der Waals surface area (Å²) in [4.78, 5) is 0. The fourth-order valence-electron chi connectivity index (χ4n) is 2.01. The number of rotatable bonds is 5. The van der Waals surface area contributed by atoms with E-state index in [1.165, 1.54) is 16.8 Å². The summed E-state index contributed by atoms with van der Waals surface area (Å²) in [6, 6.07) is 6.43. The van der Waals surface area contributed by atoms with Crippen molar-refractivity contribution in [3.8, 4) is 0 Å². The van der Waals surface area contributed by atoms with E-state index in [4.69, 9.17) is 0 Å². The van der Waals surface area contributed by atoms with E-state index in [0.29, 0.717) is 5.92 Å². The van der Waals surface area contributed by atoms with Crippen LogP contribution in [0.4, 0.5) is 5.69 Å². The molecule has 0 radical (unpaired) electrons. The minimum atomic E-state index is 0.455. The van der Waals surface area contributed by atoms with Crippen molar-refractivity contribution in [3.63, 3.8) is 0 Å². The lowest BCUT2D eigenvalue weighted by molar-refractivity contribution is 0.818. The van der Waals surface area contributed by atoms with Gasteiger partial charge in [0.25, 0.3) is 0 Å². The molecule has 1 heterocycles. The summed E-state index contributed by atoms with van der Waals surface area (Å²) in [5.41, 5.74) is 3.88. The number of aryl methyl sites for hydroxylation is 2. The van der Waals surface area contributed by atoms with Gasteiger partial charge in [-0.15, -0.1) is 10.2 Å². The molecule has 1 aromatic heterocycles. The molecule has 1 N–H and O–H groups in total. The Morgan fingerprint density at radius 3 is 2.68 bits per heavy atom. The highest BCUT2D eigenvalue weighted by Crippen LogP contribution is 2.23. The number of aromatic nitrogens is 2. The van der Waals surface area contributed by atoms with Crippen molar-refractivity contribution < 1.29 is 0 Å². The molecule has 0 fully saturated rings. The molecule has 2 aromatic rings. The topological polar surface area (TPSA) is 37.8 Å². The van der Waals surface area contributed by atoms with Gasteiger partial charge in [-0.3, -0.25) is 0 Å². The van der Waals surface area contributed by atoms with Crippen LogP contribution in [0, 0.1) is 6.92 Å². The van der Waals surface area contributed by atoms with Crippen LogP contribution in [0.2, 0.25) is 0 Å². The summed E-state index contributed by atoms with van der Waals surface area (Å²) in [6.45, 7) is 9.37. The van der Waals surface area contributed by atoms with E-state index < -0.39 is 0 Å². The zero-order chi connectivity index (χ0) is 13.8. The lowest BCUT2D eigenvalue weighted by Crippen LogP contribution is -2.03. The average molecular weight is 275 g/mol. The van der Waals surface area contributed by atoms with E-state index in [9.17, 15) is 0 Å². The van der Waals surface area contributed by atoms with Crippen LogP contribution in [0.15, 0.2) is 18.2 Å². The van der Waals surface area contributed by atoms with Gasteiger partial charge in [-0.05, 0) is 24.5 Å². The van der Waals surface area contributed by atoms with E-state index >= 15 is 0 Å². The standard InChI is InChI=1S/C15H21N3S/c1-5-12-8-6-7-11(4)14(12)16-9-13-17-18-15(19-13)10(2)3/h6-8,10,16H,5,9H2,1-4H3. The number of para-hydroxylation sites is 1. The van der Waals surface area contributed by atoms with Crippen molar-refractivity contribution in [2.75, 3.05) is 5.32 Å². The first-order chi connectivity index (χ1) is 9.11. The van der Waals surface area contributed by atoms with Crippen LogP contribution in [0.1, 0.15) is 47.8 Å². The predicted octanol–water partition coefficient (Wildman–Crippen LogP) is 4.14. The third-order valence-corrected chi connectivity index (χ3v) is 4.36. The Bertz CT molecular complexity index is 546. The van der Waals surface area contributed by atoms with Crippen LogP contribution < -0.4 is 5.32 Å². The number of nitrogens with one attached hydrogen (secondary N) is 1. The quantitative estimate of drug-likeness (QED) is 0.891. The number of anilines is 1. The number of benzene rings is 1. The summed E-state index contributed by atoms with van der Waals surface area (Å²) in [5.74, 6) is 0.455. The Kier molecular flexibility index (Phi) is 4.53. The predicted molar refractivity (Wildman–Crippen MR) is 81.9 cm³/mol. The lowest BCUT2D eigenvalue weighted by Gasteiger charge is -2.12. The molecule has 2 rings (SSSR count). The largest absolute Gasteiger partial charge is 0.378 e. The second kappa shape index (κ2) is 6.15. The fourth-order valence-corrected chi connectivity index (χ4v) is 2.80. The molecule has 0 aliphatic carbocycles. The zero-order valence-electron chi connectivity index (χ0n) is 12.0. The van der Waals surface area contributed by atoms with E-state index in [2.05, 4.69) is 61.4 Å². The monoisotopic (exact) mass is 275 g/mol. The SMILES string of the molecule is CCc1cccc(C)c1NCc1nnc(C(C)C)s1. The minimum absolute atomic E-state index is 0.455. The van der Waals surface area contributed by atoms with Gasteiger partial charge >= 0.3 is 0 Å². The molecule has 19 heavy (non-hydrogen) atoms. The van der Waals surface area contributed by atoms with Crippen molar-refractivity contribution in [2.24, 2.45) is 0 Å². The van der Waals surface area contributed by atoms with Gasteiger partial charge in [-0.1, -0.05) is 50.3 Å². The Hall–Kier alpha value is -1.42. The van der Waals surface area contributed by atoms with Gasteiger partial charge in [0.2, 0.25) is 0 Å². The Balaban J connectivity index is 2.09. The highest BCUT2D eigenvalue weighted by molar-refractivity contribution is 7.11. The highest BCUT2D eigenvalue weighted by Gasteiger charge is 2.09. The van der Waals surface area contributed by atoms with Crippen molar-refractivity contribution >= 4 is 17.0 Å². The van der Waals surface area contributed by atoms with Gasteiger partial charge in [0.05, 0.1) is 6.54 Å². The summed E-state index contributed by atoms with van der Waals surface area (Å²) < 4.78 is 0. The maximum atomic E-state index is 4.24. The van der Waals surface area contributed by atoms with Gasteiger partial charge in [0.1, 0.15) is 10.0 Å². The first kappa shape index (κ1) is 14.0. The summed E-state index contributed by atoms with van der Waals surface area (Å²) >= 11 is 1.69. The molecular formula is C15H21N3S. The van der Waals surface area contributed by atoms with Crippen LogP contribution in [0.3, 0.4) is 0 Å². The van der Waals surface area contributed by atoms with Crippen molar-refractivity contribution in [3.05, 3.63) is 39.3 Å². The number of hydrogen-bond donors (Lipinski definition) is 1. The lowest BCUT2D eigenvalue weighted by atomic mass is 10.1. The smallest absolute Gasteiger partial charge is 0.136 e. The van der Waals surface area contributed by atoms with Gasteiger partial charge in [-0.2, -0.15) is 0 Å². The third-order valence-electron chi connectivity index (χ3n) is 3.13. The summed E-state index contributed by atoms with van der Waals surface area (Å²) in [7, 11) is 0.